The lowest BCUT2D eigenvalue weighted by molar-refractivity contribution is -0.162. The molecule has 0 aliphatic carbocycles. The smallest absolute Gasteiger partial charge is 0.422 e. The van der Waals surface area contributed by atoms with Crippen LogP contribution in [0, 0.1) is 0 Å². The van der Waals surface area contributed by atoms with E-state index in [1.165, 1.54) is 0 Å². The Balaban J connectivity index is 2.54. The Hall–Kier alpha value is -1.02. The highest BCUT2D eigenvalue weighted by Crippen LogP contribution is 2.21. The molecular formula is C10H17F3N2O3. The van der Waals surface area contributed by atoms with E-state index >= 15 is 0 Å². The number of β-amino-alcohol motifs (C(OH)–C–C–N with tert-alkyl or cyclic N) is 1. The summed E-state index contributed by atoms with van der Waals surface area (Å²) in [5.74, 6) is 0. The number of aliphatic hydroxyl groups excluding tert-OH is 1. The lowest BCUT2D eigenvalue weighted by Crippen LogP contribution is -2.42. The number of carbonyl (C=O) groups is 1. The van der Waals surface area contributed by atoms with Crippen LogP contribution in [0.4, 0.5) is 18.0 Å². The van der Waals surface area contributed by atoms with Crippen LogP contribution in [0.1, 0.15) is 6.42 Å². The van der Waals surface area contributed by atoms with Crippen LogP contribution in [0.2, 0.25) is 0 Å². The first-order chi connectivity index (χ1) is 8.19. The van der Waals surface area contributed by atoms with Gasteiger partial charge in [0.05, 0.1) is 18.7 Å². The molecule has 0 aromatic carbocycles. The summed E-state index contributed by atoms with van der Waals surface area (Å²) in [5, 5.41) is 9.47. The fourth-order valence-corrected chi connectivity index (χ4v) is 1.94. The fraction of sp³-hybridized carbons (Fsp3) is 0.900. The second-order valence-corrected chi connectivity index (χ2v) is 4.63. The van der Waals surface area contributed by atoms with Crippen molar-refractivity contribution in [2.45, 2.75) is 24.7 Å². The van der Waals surface area contributed by atoms with Crippen molar-refractivity contribution in [2.24, 2.45) is 0 Å². The molecule has 2 atom stereocenters. The zero-order valence-corrected chi connectivity index (χ0v) is 10.3. The third kappa shape index (κ3) is 4.69. The number of rotatable bonds is 3. The molecule has 1 aliphatic heterocycles. The first kappa shape index (κ1) is 15.0. The Bertz CT molecular complexity index is 297. The highest BCUT2D eigenvalue weighted by molar-refractivity contribution is 5.68. The zero-order valence-electron chi connectivity index (χ0n) is 10.3. The molecule has 0 bridgehead atoms. The molecule has 0 aromatic heterocycles. The molecule has 8 heteroatoms. The van der Waals surface area contributed by atoms with Gasteiger partial charge in [0.15, 0.2) is 6.61 Å². The van der Waals surface area contributed by atoms with Crippen LogP contribution in [-0.4, -0.2) is 73.1 Å². The minimum atomic E-state index is -4.54. The van der Waals surface area contributed by atoms with Gasteiger partial charge in [0.2, 0.25) is 0 Å². The number of likely N-dealkylation sites (tertiary alicyclic amines) is 1. The summed E-state index contributed by atoms with van der Waals surface area (Å²) in [5.41, 5.74) is 0. The minimum absolute atomic E-state index is 0.00912. The molecule has 1 amide bonds. The fourth-order valence-electron chi connectivity index (χ4n) is 1.94. The van der Waals surface area contributed by atoms with Gasteiger partial charge in [-0.3, -0.25) is 0 Å². The molecule has 18 heavy (non-hydrogen) atoms. The maximum absolute atomic E-state index is 11.9. The zero-order chi connectivity index (χ0) is 13.9. The van der Waals surface area contributed by atoms with Crippen LogP contribution in [0.3, 0.4) is 0 Å². The highest BCUT2D eigenvalue weighted by Gasteiger charge is 2.37. The van der Waals surface area contributed by atoms with Crippen molar-refractivity contribution in [3.63, 3.8) is 0 Å². The van der Waals surface area contributed by atoms with Crippen molar-refractivity contribution < 1.29 is 27.8 Å². The van der Waals surface area contributed by atoms with Crippen LogP contribution >= 0.6 is 0 Å². The Kier molecular flexibility index (Phi) is 4.80. The molecule has 1 fully saturated rings. The van der Waals surface area contributed by atoms with Crippen molar-refractivity contribution in [1.29, 1.82) is 0 Å². The standard InChI is InChI=1S/C10H17F3N2O3/c1-14(2)4-7-3-8(16)5-15(7)9(17)18-6-10(11,12)13/h7-8,16H,3-6H2,1-2H3. The van der Waals surface area contributed by atoms with E-state index in [2.05, 4.69) is 4.74 Å². The Morgan fingerprint density at radius 1 is 1.50 bits per heavy atom. The molecule has 0 saturated carbocycles. The maximum Gasteiger partial charge on any atom is 0.422 e. The van der Waals surface area contributed by atoms with Crippen molar-refractivity contribution in [3.8, 4) is 0 Å². The van der Waals surface area contributed by atoms with Gasteiger partial charge in [-0.05, 0) is 20.5 Å². The number of hydrogen-bond donors (Lipinski definition) is 1. The van der Waals surface area contributed by atoms with Gasteiger partial charge in [-0.25, -0.2) is 4.79 Å². The number of alkyl halides is 3. The molecule has 1 rings (SSSR count). The number of halogens is 3. The largest absolute Gasteiger partial charge is 0.440 e. The third-order valence-electron chi connectivity index (χ3n) is 2.56. The van der Waals surface area contributed by atoms with E-state index in [9.17, 15) is 23.1 Å². The molecule has 0 aromatic rings. The summed E-state index contributed by atoms with van der Waals surface area (Å²) in [6, 6.07) is -0.323. The molecule has 1 aliphatic rings. The van der Waals surface area contributed by atoms with Crippen LogP contribution in [0.5, 0.6) is 0 Å². The summed E-state index contributed by atoms with van der Waals surface area (Å²) in [6.45, 7) is -1.12. The average molecular weight is 270 g/mol. The van der Waals surface area contributed by atoms with Gasteiger partial charge >= 0.3 is 12.3 Å². The second kappa shape index (κ2) is 5.75. The van der Waals surface area contributed by atoms with Crippen molar-refractivity contribution in [1.82, 2.24) is 9.80 Å². The highest BCUT2D eigenvalue weighted by atomic mass is 19.4. The van der Waals surface area contributed by atoms with Gasteiger partial charge < -0.3 is 19.6 Å². The van der Waals surface area contributed by atoms with E-state index in [-0.39, 0.29) is 12.6 Å². The van der Waals surface area contributed by atoms with E-state index in [1.54, 1.807) is 19.0 Å². The van der Waals surface area contributed by atoms with E-state index in [4.69, 9.17) is 0 Å². The number of nitrogens with zero attached hydrogens (tertiary/aromatic N) is 2. The lowest BCUT2D eigenvalue weighted by Gasteiger charge is -2.26. The van der Waals surface area contributed by atoms with Gasteiger partial charge in [-0.1, -0.05) is 0 Å². The number of amides is 1. The predicted molar refractivity (Wildman–Crippen MR) is 57.1 cm³/mol. The number of aliphatic hydroxyl groups is 1. The van der Waals surface area contributed by atoms with Gasteiger partial charge in [0, 0.05) is 6.54 Å². The van der Waals surface area contributed by atoms with E-state index in [0.717, 1.165) is 4.90 Å². The number of ether oxygens (including phenoxy) is 1. The Morgan fingerprint density at radius 3 is 2.61 bits per heavy atom. The molecule has 0 spiro atoms. The molecule has 0 radical (unpaired) electrons. The molecule has 106 valence electrons. The quantitative estimate of drug-likeness (QED) is 0.819. The number of likely N-dealkylation sites (N-methyl/N-ethyl adjacent to an activating group) is 1. The molecular weight excluding hydrogens is 253 g/mol. The third-order valence-corrected chi connectivity index (χ3v) is 2.56. The van der Waals surface area contributed by atoms with Crippen LogP contribution in [-0.2, 0) is 4.74 Å². The summed E-state index contributed by atoms with van der Waals surface area (Å²) in [6.07, 6.45) is -5.94. The van der Waals surface area contributed by atoms with Crippen LogP contribution < -0.4 is 0 Å². The molecule has 1 saturated heterocycles. The summed E-state index contributed by atoms with van der Waals surface area (Å²) in [4.78, 5) is 14.5. The van der Waals surface area contributed by atoms with Gasteiger partial charge in [0.1, 0.15) is 0 Å². The molecule has 2 unspecified atom stereocenters. The maximum atomic E-state index is 11.9. The van der Waals surface area contributed by atoms with Gasteiger partial charge in [0.25, 0.3) is 0 Å². The first-order valence-electron chi connectivity index (χ1n) is 5.52. The van der Waals surface area contributed by atoms with E-state index < -0.39 is 25.0 Å². The van der Waals surface area contributed by atoms with Crippen LogP contribution in [0.25, 0.3) is 0 Å². The number of carbonyl (C=O) groups excluding carboxylic acids is 1. The Morgan fingerprint density at radius 2 is 2.11 bits per heavy atom. The summed E-state index contributed by atoms with van der Waals surface area (Å²) >= 11 is 0. The van der Waals surface area contributed by atoms with Gasteiger partial charge in [-0.15, -0.1) is 0 Å². The van der Waals surface area contributed by atoms with E-state index in [0.29, 0.717) is 13.0 Å². The van der Waals surface area contributed by atoms with Crippen LogP contribution in [0.15, 0.2) is 0 Å². The molecule has 5 nitrogen and oxygen atoms in total. The van der Waals surface area contributed by atoms with Crippen molar-refractivity contribution in [3.05, 3.63) is 0 Å². The SMILES string of the molecule is CN(C)CC1CC(O)CN1C(=O)OCC(F)(F)F. The predicted octanol–water partition coefficient (Wildman–Crippen LogP) is 0.682. The topological polar surface area (TPSA) is 53.0 Å². The first-order valence-corrected chi connectivity index (χ1v) is 5.52. The van der Waals surface area contributed by atoms with Crippen molar-refractivity contribution in [2.75, 3.05) is 33.8 Å². The van der Waals surface area contributed by atoms with E-state index in [1.807, 2.05) is 0 Å². The summed E-state index contributed by atoms with van der Waals surface area (Å²) < 4.78 is 40.0. The monoisotopic (exact) mass is 270 g/mol. The lowest BCUT2D eigenvalue weighted by atomic mass is 10.2. The molecule has 1 heterocycles. The minimum Gasteiger partial charge on any atom is -0.440 e. The second-order valence-electron chi connectivity index (χ2n) is 4.63. The average Bonchev–Trinajstić information content (AvgIpc) is 2.53. The molecule has 1 N–H and O–H groups in total. The van der Waals surface area contributed by atoms with Gasteiger partial charge in [-0.2, -0.15) is 13.2 Å². The van der Waals surface area contributed by atoms with Crippen molar-refractivity contribution >= 4 is 6.09 Å². The number of hydrogen-bond acceptors (Lipinski definition) is 4. The normalized spacial score (nSPS) is 24.7. The summed E-state index contributed by atoms with van der Waals surface area (Å²) in [7, 11) is 3.56. The Labute approximate surface area is 103 Å².